The number of hydrogen-bond acceptors (Lipinski definition) is 3. The molecule has 2 heterocycles. The molecule has 96 valence electrons. The Bertz CT molecular complexity index is 763. The van der Waals surface area contributed by atoms with Gasteiger partial charge in [-0.25, -0.2) is 0 Å². The number of hydrogen-bond donors (Lipinski definition) is 0. The van der Waals surface area contributed by atoms with Crippen molar-refractivity contribution in [3.05, 3.63) is 61.4 Å². The molecule has 0 amide bonds. The molecule has 0 fully saturated rings. The van der Waals surface area contributed by atoms with Gasteiger partial charge in [-0.15, -0.1) is 11.3 Å². The summed E-state index contributed by atoms with van der Waals surface area (Å²) >= 11 is 5.14. The molecule has 0 atom stereocenters. The number of rotatable bonds is 3. The summed E-state index contributed by atoms with van der Waals surface area (Å²) in [6.07, 6.45) is 1.96. The smallest absolute Gasteiger partial charge is 0.270 e. The molecule has 4 nitrogen and oxygen atoms in total. The maximum absolute atomic E-state index is 10.7. The van der Waals surface area contributed by atoms with Crippen molar-refractivity contribution in [3.8, 4) is 0 Å². The van der Waals surface area contributed by atoms with E-state index in [1.165, 1.54) is 4.88 Å². The molecular weight excluding hydrogens is 328 g/mol. The summed E-state index contributed by atoms with van der Waals surface area (Å²) in [5.74, 6) is 0. The zero-order valence-corrected chi connectivity index (χ0v) is 12.1. The molecule has 0 aliphatic carbocycles. The van der Waals surface area contributed by atoms with Crippen LogP contribution in [0.1, 0.15) is 4.88 Å². The molecule has 0 bridgehead atoms. The van der Waals surface area contributed by atoms with Crippen LogP contribution in [0.25, 0.3) is 10.9 Å². The van der Waals surface area contributed by atoms with E-state index < -0.39 is 0 Å². The van der Waals surface area contributed by atoms with Gasteiger partial charge < -0.3 is 4.57 Å². The highest BCUT2D eigenvalue weighted by Crippen LogP contribution is 2.26. The first kappa shape index (κ1) is 12.4. The van der Waals surface area contributed by atoms with Gasteiger partial charge in [0, 0.05) is 34.1 Å². The lowest BCUT2D eigenvalue weighted by atomic mass is 10.2. The largest absolute Gasteiger partial charge is 0.342 e. The predicted octanol–water partition coefficient (Wildman–Crippen LogP) is 4.42. The standard InChI is InChI=1S/C13H9BrN2O2S/c14-13-4-2-11(19-13)8-15-6-5-9-7-10(16(17)18)1-3-12(9)15/h1-7H,8H2. The van der Waals surface area contributed by atoms with E-state index >= 15 is 0 Å². The molecule has 0 N–H and O–H groups in total. The van der Waals surface area contributed by atoms with E-state index in [0.29, 0.717) is 0 Å². The Labute approximate surface area is 121 Å². The summed E-state index contributed by atoms with van der Waals surface area (Å²) in [5.41, 5.74) is 1.14. The molecule has 6 heteroatoms. The number of benzene rings is 1. The van der Waals surface area contributed by atoms with Crippen molar-refractivity contribution in [1.29, 1.82) is 0 Å². The average Bonchev–Trinajstić information content (AvgIpc) is 2.96. The maximum Gasteiger partial charge on any atom is 0.270 e. The third kappa shape index (κ3) is 2.41. The average molecular weight is 337 g/mol. The van der Waals surface area contributed by atoms with Crippen molar-refractivity contribution < 1.29 is 4.92 Å². The van der Waals surface area contributed by atoms with Crippen LogP contribution in [0.3, 0.4) is 0 Å². The lowest BCUT2D eigenvalue weighted by Crippen LogP contribution is -1.95. The van der Waals surface area contributed by atoms with Crippen molar-refractivity contribution in [1.82, 2.24) is 4.57 Å². The summed E-state index contributed by atoms with van der Waals surface area (Å²) in [6.45, 7) is 0.775. The van der Waals surface area contributed by atoms with Gasteiger partial charge in [0.25, 0.3) is 5.69 Å². The molecule has 0 saturated carbocycles. The van der Waals surface area contributed by atoms with Crippen LogP contribution in [0.2, 0.25) is 0 Å². The normalized spacial score (nSPS) is 11.0. The Morgan fingerprint density at radius 1 is 1.26 bits per heavy atom. The van der Waals surface area contributed by atoms with E-state index in [9.17, 15) is 10.1 Å². The Kier molecular flexibility index (Phi) is 3.12. The lowest BCUT2D eigenvalue weighted by molar-refractivity contribution is -0.384. The van der Waals surface area contributed by atoms with Crippen LogP contribution in [-0.2, 0) is 6.54 Å². The topological polar surface area (TPSA) is 48.1 Å². The number of aromatic nitrogens is 1. The quantitative estimate of drug-likeness (QED) is 0.525. The number of fused-ring (bicyclic) bond motifs is 1. The van der Waals surface area contributed by atoms with Gasteiger partial charge in [-0.3, -0.25) is 10.1 Å². The number of nitrogens with zero attached hydrogens (tertiary/aromatic N) is 2. The van der Waals surface area contributed by atoms with Gasteiger partial charge in [0.1, 0.15) is 0 Å². The van der Waals surface area contributed by atoms with Gasteiger partial charge in [0.05, 0.1) is 15.3 Å². The van der Waals surface area contributed by atoms with Crippen molar-refractivity contribution in [2.45, 2.75) is 6.54 Å². The van der Waals surface area contributed by atoms with Crippen LogP contribution >= 0.6 is 27.3 Å². The highest BCUT2D eigenvalue weighted by Gasteiger charge is 2.09. The van der Waals surface area contributed by atoms with Crippen LogP contribution in [0.5, 0.6) is 0 Å². The van der Waals surface area contributed by atoms with Gasteiger partial charge in [-0.2, -0.15) is 0 Å². The van der Waals surface area contributed by atoms with Gasteiger partial charge in [0.15, 0.2) is 0 Å². The second-order valence-electron chi connectivity index (χ2n) is 4.15. The first-order valence-electron chi connectivity index (χ1n) is 5.61. The van der Waals surface area contributed by atoms with Crippen LogP contribution in [0, 0.1) is 10.1 Å². The fourth-order valence-corrected chi connectivity index (χ4v) is 3.53. The summed E-state index contributed by atoms with van der Waals surface area (Å²) < 4.78 is 3.20. The maximum atomic E-state index is 10.7. The molecule has 0 saturated heterocycles. The van der Waals surface area contributed by atoms with Crippen molar-refractivity contribution in [3.63, 3.8) is 0 Å². The first-order valence-corrected chi connectivity index (χ1v) is 7.22. The van der Waals surface area contributed by atoms with E-state index in [1.807, 2.05) is 18.3 Å². The fourth-order valence-electron chi connectivity index (χ4n) is 2.04. The Morgan fingerprint density at radius 2 is 2.11 bits per heavy atom. The minimum Gasteiger partial charge on any atom is -0.342 e. The second kappa shape index (κ2) is 4.79. The van der Waals surface area contributed by atoms with E-state index in [2.05, 4.69) is 26.6 Å². The van der Waals surface area contributed by atoms with Gasteiger partial charge in [0.2, 0.25) is 0 Å². The Morgan fingerprint density at radius 3 is 2.79 bits per heavy atom. The zero-order chi connectivity index (χ0) is 13.4. The molecule has 0 radical (unpaired) electrons. The Balaban J connectivity index is 1.99. The molecule has 3 aromatic rings. The molecular formula is C13H9BrN2O2S. The fraction of sp³-hybridized carbons (Fsp3) is 0.0769. The summed E-state index contributed by atoms with van der Waals surface area (Å²) in [5, 5.41) is 11.6. The van der Waals surface area contributed by atoms with E-state index in [4.69, 9.17) is 0 Å². The van der Waals surface area contributed by atoms with Gasteiger partial charge >= 0.3 is 0 Å². The molecule has 0 aliphatic rings. The van der Waals surface area contributed by atoms with Crippen molar-refractivity contribution in [2.24, 2.45) is 0 Å². The van der Waals surface area contributed by atoms with Gasteiger partial charge in [-0.1, -0.05) is 0 Å². The SMILES string of the molecule is O=[N+]([O-])c1ccc2c(ccn2Cc2ccc(Br)s2)c1. The molecule has 3 rings (SSSR count). The summed E-state index contributed by atoms with van der Waals surface area (Å²) in [4.78, 5) is 11.6. The molecule has 0 unspecified atom stereocenters. The minimum atomic E-state index is -0.368. The lowest BCUT2D eigenvalue weighted by Gasteiger charge is -2.03. The van der Waals surface area contributed by atoms with Crippen molar-refractivity contribution >= 4 is 43.9 Å². The van der Waals surface area contributed by atoms with Crippen LogP contribution < -0.4 is 0 Å². The number of halogens is 1. The highest BCUT2D eigenvalue weighted by atomic mass is 79.9. The van der Waals surface area contributed by atoms with Gasteiger partial charge in [-0.05, 0) is 40.2 Å². The Hall–Kier alpha value is -1.66. The molecule has 19 heavy (non-hydrogen) atoms. The van der Waals surface area contributed by atoms with Crippen LogP contribution in [0.15, 0.2) is 46.4 Å². The summed E-state index contributed by atoms with van der Waals surface area (Å²) in [6, 6.07) is 11.0. The highest BCUT2D eigenvalue weighted by molar-refractivity contribution is 9.11. The predicted molar refractivity (Wildman–Crippen MR) is 79.7 cm³/mol. The van der Waals surface area contributed by atoms with E-state index in [-0.39, 0.29) is 10.6 Å². The number of thiophene rings is 1. The first-order chi connectivity index (χ1) is 9.13. The van der Waals surface area contributed by atoms with E-state index in [0.717, 1.165) is 21.2 Å². The third-order valence-corrected chi connectivity index (χ3v) is 4.53. The number of non-ortho nitro benzene ring substituents is 1. The zero-order valence-electron chi connectivity index (χ0n) is 9.75. The molecule has 0 spiro atoms. The van der Waals surface area contributed by atoms with Crippen LogP contribution in [-0.4, -0.2) is 9.49 Å². The second-order valence-corrected chi connectivity index (χ2v) is 6.70. The molecule has 2 aromatic heterocycles. The number of nitro groups is 1. The minimum absolute atomic E-state index is 0.129. The number of nitro benzene ring substituents is 1. The molecule has 1 aromatic carbocycles. The van der Waals surface area contributed by atoms with Crippen LogP contribution in [0.4, 0.5) is 5.69 Å². The van der Waals surface area contributed by atoms with E-state index in [1.54, 1.807) is 29.5 Å². The molecule has 0 aliphatic heterocycles. The third-order valence-electron chi connectivity index (χ3n) is 2.92. The van der Waals surface area contributed by atoms with Crippen molar-refractivity contribution in [2.75, 3.05) is 0 Å². The summed E-state index contributed by atoms with van der Waals surface area (Å²) in [7, 11) is 0. The monoisotopic (exact) mass is 336 g/mol.